The Bertz CT molecular complexity index is 1020. The zero-order chi connectivity index (χ0) is 18.4. The van der Waals surface area contributed by atoms with Crippen LogP contribution in [0.2, 0.25) is 0 Å². The summed E-state index contributed by atoms with van der Waals surface area (Å²) in [5.41, 5.74) is 11.1. The van der Waals surface area contributed by atoms with Crippen molar-refractivity contribution < 1.29 is 0 Å². The molecule has 0 radical (unpaired) electrons. The van der Waals surface area contributed by atoms with Crippen molar-refractivity contribution in [3.05, 3.63) is 70.4 Å². The Labute approximate surface area is 156 Å². The highest BCUT2D eigenvalue weighted by Crippen LogP contribution is 2.39. The fourth-order valence-electron chi connectivity index (χ4n) is 4.35. The summed E-state index contributed by atoms with van der Waals surface area (Å²) in [4.78, 5) is 2.46. The van der Waals surface area contributed by atoms with Crippen LogP contribution >= 0.6 is 0 Å². The fourth-order valence-corrected chi connectivity index (χ4v) is 4.35. The summed E-state index contributed by atoms with van der Waals surface area (Å²) in [5.74, 6) is 0. The van der Waals surface area contributed by atoms with Crippen LogP contribution in [0.25, 0.3) is 16.6 Å². The van der Waals surface area contributed by atoms with Gasteiger partial charge in [-0.25, -0.2) is 0 Å². The van der Waals surface area contributed by atoms with Crippen molar-refractivity contribution in [1.82, 2.24) is 4.57 Å². The van der Waals surface area contributed by atoms with Gasteiger partial charge in [-0.3, -0.25) is 0 Å². The number of fused-ring (bicyclic) bond motifs is 2. The molecular formula is C24H28N2. The molecule has 2 nitrogen and oxygen atoms in total. The van der Waals surface area contributed by atoms with Gasteiger partial charge >= 0.3 is 0 Å². The van der Waals surface area contributed by atoms with E-state index in [1.54, 1.807) is 0 Å². The smallest absolute Gasteiger partial charge is 0.0488 e. The van der Waals surface area contributed by atoms with E-state index >= 15 is 0 Å². The number of hydrogen-bond donors (Lipinski definition) is 0. The highest BCUT2D eigenvalue weighted by Gasteiger charge is 2.26. The Hall–Kier alpha value is -2.48. The van der Waals surface area contributed by atoms with Crippen molar-refractivity contribution in [2.24, 2.45) is 7.05 Å². The molecule has 0 unspecified atom stereocenters. The lowest BCUT2D eigenvalue weighted by molar-refractivity contribution is 0.918. The van der Waals surface area contributed by atoms with Gasteiger partial charge in [-0.1, -0.05) is 26.0 Å². The molecule has 26 heavy (non-hydrogen) atoms. The first-order valence-electron chi connectivity index (χ1n) is 9.72. The van der Waals surface area contributed by atoms with E-state index in [2.05, 4.69) is 86.7 Å². The average Bonchev–Trinajstić information content (AvgIpc) is 3.16. The third-order valence-electron chi connectivity index (χ3n) is 5.93. The first-order chi connectivity index (χ1) is 12.6. The maximum atomic E-state index is 2.46. The van der Waals surface area contributed by atoms with Crippen molar-refractivity contribution in [3.63, 3.8) is 0 Å². The van der Waals surface area contributed by atoms with E-state index in [0.717, 1.165) is 19.4 Å². The normalized spacial score (nSPS) is 15.3. The van der Waals surface area contributed by atoms with Gasteiger partial charge in [0.25, 0.3) is 0 Å². The number of anilines is 1. The standard InChI is InChI=1S/C24H28N2/c1-6-17-12-20-15-26(23(8-3)22(20)14-18(17)7-2)21-9-10-24-19(13-21)11-16(4)25(24)5/h8-14H,6-7,15H2,1-5H3/b23-8+. The van der Waals surface area contributed by atoms with Gasteiger partial charge < -0.3 is 9.47 Å². The number of hydrogen-bond acceptors (Lipinski definition) is 1. The minimum absolute atomic E-state index is 0.962. The van der Waals surface area contributed by atoms with Crippen LogP contribution in [-0.2, 0) is 26.4 Å². The maximum Gasteiger partial charge on any atom is 0.0488 e. The molecule has 0 saturated carbocycles. The summed E-state index contributed by atoms with van der Waals surface area (Å²) in [6.45, 7) is 9.80. The minimum Gasteiger partial charge on any atom is -0.348 e. The van der Waals surface area contributed by atoms with Gasteiger partial charge in [0.2, 0.25) is 0 Å². The van der Waals surface area contributed by atoms with Crippen LogP contribution in [0.1, 0.15) is 48.7 Å². The molecule has 0 saturated heterocycles. The van der Waals surface area contributed by atoms with Crippen LogP contribution in [0, 0.1) is 6.92 Å². The van der Waals surface area contributed by atoms with Gasteiger partial charge in [-0.2, -0.15) is 0 Å². The van der Waals surface area contributed by atoms with E-state index in [0.29, 0.717) is 0 Å². The lowest BCUT2D eigenvalue weighted by Crippen LogP contribution is -2.13. The molecule has 0 spiro atoms. The zero-order valence-electron chi connectivity index (χ0n) is 16.6. The first-order valence-corrected chi connectivity index (χ1v) is 9.72. The summed E-state index contributed by atoms with van der Waals surface area (Å²) in [5, 5.41) is 1.32. The topological polar surface area (TPSA) is 8.17 Å². The number of aromatic nitrogens is 1. The molecular weight excluding hydrogens is 316 g/mol. The second-order valence-corrected chi connectivity index (χ2v) is 7.33. The molecule has 0 bridgehead atoms. The molecule has 134 valence electrons. The van der Waals surface area contributed by atoms with E-state index in [1.165, 1.54) is 50.2 Å². The predicted molar refractivity (Wildman–Crippen MR) is 113 cm³/mol. The predicted octanol–water partition coefficient (Wildman–Crippen LogP) is 5.99. The van der Waals surface area contributed by atoms with E-state index in [9.17, 15) is 0 Å². The lowest BCUT2D eigenvalue weighted by atomic mass is 9.96. The van der Waals surface area contributed by atoms with Crippen LogP contribution < -0.4 is 4.90 Å². The molecule has 0 aliphatic carbocycles. The third-order valence-corrected chi connectivity index (χ3v) is 5.93. The van der Waals surface area contributed by atoms with Crippen molar-refractivity contribution in [2.75, 3.05) is 4.90 Å². The molecule has 3 aromatic rings. The zero-order valence-corrected chi connectivity index (χ0v) is 16.6. The molecule has 1 aromatic heterocycles. The average molecular weight is 345 g/mol. The van der Waals surface area contributed by atoms with Crippen molar-refractivity contribution in [2.45, 2.75) is 47.1 Å². The maximum absolute atomic E-state index is 2.46. The van der Waals surface area contributed by atoms with Gasteiger partial charge in [0.1, 0.15) is 0 Å². The molecule has 1 aliphatic heterocycles. The number of allylic oxidation sites excluding steroid dienone is 1. The van der Waals surface area contributed by atoms with E-state index in [-0.39, 0.29) is 0 Å². The highest BCUT2D eigenvalue weighted by atomic mass is 15.2. The molecule has 0 amide bonds. The largest absolute Gasteiger partial charge is 0.348 e. The van der Waals surface area contributed by atoms with Crippen LogP contribution in [0.3, 0.4) is 0 Å². The Kier molecular flexibility index (Phi) is 4.14. The summed E-state index contributed by atoms with van der Waals surface area (Å²) in [6.07, 6.45) is 4.47. The van der Waals surface area contributed by atoms with Crippen LogP contribution in [0.15, 0.2) is 42.5 Å². The first kappa shape index (κ1) is 17.0. The summed E-state index contributed by atoms with van der Waals surface area (Å²) in [7, 11) is 2.14. The van der Waals surface area contributed by atoms with Gasteiger partial charge in [0.15, 0.2) is 0 Å². The number of aryl methyl sites for hydroxylation is 4. The molecule has 4 rings (SSSR count). The summed E-state index contributed by atoms with van der Waals surface area (Å²) >= 11 is 0. The Morgan fingerprint density at radius 1 is 1.00 bits per heavy atom. The van der Waals surface area contributed by atoms with Crippen LogP contribution in [0.5, 0.6) is 0 Å². The number of rotatable bonds is 3. The quantitative estimate of drug-likeness (QED) is 0.566. The Morgan fingerprint density at radius 3 is 2.42 bits per heavy atom. The van der Waals surface area contributed by atoms with Crippen molar-refractivity contribution >= 4 is 22.3 Å². The second kappa shape index (κ2) is 6.35. The summed E-state index contributed by atoms with van der Waals surface area (Å²) in [6, 6.07) is 14.0. The molecule has 2 heteroatoms. The van der Waals surface area contributed by atoms with Crippen LogP contribution in [0.4, 0.5) is 5.69 Å². The molecule has 0 atom stereocenters. The lowest BCUT2D eigenvalue weighted by Gasteiger charge is -2.20. The molecule has 2 heterocycles. The molecule has 2 aromatic carbocycles. The Balaban J connectivity index is 1.80. The van der Waals surface area contributed by atoms with Gasteiger partial charge in [-0.15, -0.1) is 0 Å². The molecule has 0 N–H and O–H groups in total. The van der Waals surface area contributed by atoms with Crippen LogP contribution in [-0.4, -0.2) is 4.57 Å². The molecule has 0 fully saturated rings. The van der Waals surface area contributed by atoms with Crippen molar-refractivity contribution in [1.29, 1.82) is 0 Å². The Morgan fingerprint density at radius 2 is 1.73 bits per heavy atom. The number of benzene rings is 2. The van der Waals surface area contributed by atoms with E-state index in [1.807, 2.05) is 0 Å². The number of nitrogens with zero attached hydrogens (tertiary/aromatic N) is 2. The van der Waals surface area contributed by atoms with Crippen molar-refractivity contribution in [3.8, 4) is 0 Å². The van der Waals surface area contributed by atoms with E-state index < -0.39 is 0 Å². The monoisotopic (exact) mass is 344 g/mol. The molecule has 1 aliphatic rings. The third kappa shape index (κ3) is 2.47. The SMILES string of the molecule is C/C=C1\c2cc(CC)c(CC)cc2CN1c1ccc2c(c1)cc(C)n2C. The van der Waals surface area contributed by atoms with Gasteiger partial charge in [0.05, 0.1) is 0 Å². The second-order valence-electron chi connectivity index (χ2n) is 7.33. The summed E-state index contributed by atoms with van der Waals surface area (Å²) < 4.78 is 2.26. The van der Waals surface area contributed by atoms with Gasteiger partial charge in [0, 0.05) is 47.1 Å². The van der Waals surface area contributed by atoms with Gasteiger partial charge in [-0.05, 0) is 73.7 Å². The highest BCUT2D eigenvalue weighted by molar-refractivity contribution is 5.91. The minimum atomic E-state index is 0.962. The van der Waals surface area contributed by atoms with E-state index in [4.69, 9.17) is 0 Å². The fraction of sp³-hybridized carbons (Fsp3) is 0.333.